The third-order valence-corrected chi connectivity index (χ3v) is 3.48. The van der Waals surface area contributed by atoms with Gasteiger partial charge in [0.25, 0.3) is 5.56 Å². The fourth-order valence-electron chi connectivity index (χ4n) is 2.17. The van der Waals surface area contributed by atoms with Gasteiger partial charge in [0.1, 0.15) is 5.69 Å². The molecule has 0 N–H and O–H groups in total. The Balaban J connectivity index is 2.97. The normalized spacial score (nSPS) is 11.6. The van der Waals surface area contributed by atoms with Gasteiger partial charge in [0.15, 0.2) is 0 Å². The molecule has 8 heteroatoms. The number of aryl methyl sites for hydroxylation is 1. The maximum Gasteiger partial charge on any atom is 0.418 e. The van der Waals surface area contributed by atoms with Crippen LogP contribution in [0, 0.1) is 6.92 Å². The second-order valence-electron chi connectivity index (χ2n) is 4.92. The Morgan fingerprint density at radius 1 is 1.32 bits per heavy atom. The number of alkyl halides is 3. The zero-order valence-electron chi connectivity index (χ0n) is 12.1. The average molecular weight is 332 g/mol. The molecule has 0 unspecified atom stereocenters. The van der Waals surface area contributed by atoms with Gasteiger partial charge in [0.05, 0.1) is 16.3 Å². The minimum atomic E-state index is -4.66. The highest BCUT2D eigenvalue weighted by Crippen LogP contribution is 2.42. The molecule has 2 rings (SSSR count). The van der Waals surface area contributed by atoms with E-state index in [2.05, 4.69) is 5.10 Å². The van der Waals surface area contributed by atoms with E-state index >= 15 is 0 Å². The third-order valence-electron chi connectivity index (χ3n) is 3.11. The van der Waals surface area contributed by atoms with Crippen LogP contribution in [0.4, 0.5) is 18.9 Å². The summed E-state index contributed by atoms with van der Waals surface area (Å²) >= 11 is 6.15. The van der Waals surface area contributed by atoms with E-state index in [0.29, 0.717) is 10.4 Å². The van der Waals surface area contributed by atoms with Crippen molar-refractivity contribution in [3.05, 3.63) is 50.9 Å². The molecule has 0 spiro atoms. The zero-order chi connectivity index (χ0) is 16.7. The summed E-state index contributed by atoms with van der Waals surface area (Å²) in [7, 11) is 3.30. The lowest BCUT2D eigenvalue weighted by atomic mass is 10.0. The van der Waals surface area contributed by atoms with Crippen LogP contribution in [-0.2, 0) is 6.18 Å². The van der Waals surface area contributed by atoms with Crippen LogP contribution in [0.1, 0.15) is 11.1 Å². The molecule has 0 aliphatic carbocycles. The van der Waals surface area contributed by atoms with Gasteiger partial charge in [-0.3, -0.25) is 4.79 Å². The Hall–Kier alpha value is -2.02. The van der Waals surface area contributed by atoms with Crippen molar-refractivity contribution in [1.29, 1.82) is 0 Å². The highest BCUT2D eigenvalue weighted by Gasteiger charge is 2.38. The summed E-state index contributed by atoms with van der Waals surface area (Å²) in [6, 6.07) is 3.81. The molecule has 0 saturated heterocycles. The topological polar surface area (TPSA) is 38.1 Å². The number of rotatable bonds is 2. The van der Waals surface area contributed by atoms with E-state index in [1.807, 2.05) is 0 Å². The summed E-state index contributed by atoms with van der Waals surface area (Å²) in [5.74, 6) is 0. The lowest BCUT2D eigenvalue weighted by Gasteiger charge is -2.23. The van der Waals surface area contributed by atoms with Crippen molar-refractivity contribution in [3.8, 4) is 5.69 Å². The predicted octanol–water partition coefficient (Wildman–Crippen LogP) is 3.28. The zero-order valence-corrected chi connectivity index (χ0v) is 12.8. The van der Waals surface area contributed by atoms with E-state index in [9.17, 15) is 18.0 Å². The van der Waals surface area contributed by atoms with Gasteiger partial charge in [-0.25, -0.2) is 0 Å². The molecular weight excluding hydrogens is 319 g/mol. The number of aromatic nitrogens is 2. The minimum absolute atomic E-state index is 0.0341. The van der Waals surface area contributed by atoms with Crippen LogP contribution in [0.5, 0.6) is 0 Å². The molecule has 1 aromatic carbocycles. The van der Waals surface area contributed by atoms with E-state index < -0.39 is 23.0 Å². The first-order chi connectivity index (χ1) is 10.1. The number of anilines is 1. The predicted molar refractivity (Wildman–Crippen MR) is 78.9 cm³/mol. The van der Waals surface area contributed by atoms with E-state index in [1.54, 1.807) is 19.0 Å². The first kappa shape index (κ1) is 16.4. The maximum atomic E-state index is 13.4. The van der Waals surface area contributed by atoms with Crippen LogP contribution in [0.25, 0.3) is 5.69 Å². The number of hydrogen-bond acceptors (Lipinski definition) is 3. The van der Waals surface area contributed by atoms with Crippen molar-refractivity contribution >= 4 is 17.3 Å². The molecule has 0 aliphatic heterocycles. The molecule has 118 valence electrons. The molecule has 22 heavy (non-hydrogen) atoms. The quantitative estimate of drug-likeness (QED) is 0.847. The fraction of sp³-hybridized carbons (Fsp3) is 0.286. The van der Waals surface area contributed by atoms with Gasteiger partial charge >= 0.3 is 6.18 Å². The number of hydrogen-bond donors (Lipinski definition) is 0. The molecule has 2 aromatic rings. The molecule has 0 atom stereocenters. The first-order valence-electron chi connectivity index (χ1n) is 6.27. The van der Waals surface area contributed by atoms with Gasteiger partial charge in [0, 0.05) is 26.4 Å². The van der Waals surface area contributed by atoms with Crippen molar-refractivity contribution in [2.45, 2.75) is 13.1 Å². The van der Waals surface area contributed by atoms with Crippen LogP contribution < -0.4 is 10.5 Å². The molecule has 0 saturated carbocycles. The smallest absolute Gasteiger partial charge is 0.376 e. The fourth-order valence-corrected chi connectivity index (χ4v) is 2.56. The van der Waals surface area contributed by atoms with Gasteiger partial charge in [-0.15, -0.1) is 0 Å². The number of halogens is 4. The van der Waals surface area contributed by atoms with E-state index in [1.165, 1.54) is 25.3 Å². The second-order valence-corrected chi connectivity index (χ2v) is 5.29. The van der Waals surface area contributed by atoms with E-state index in [0.717, 1.165) is 6.07 Å². The van der Waals surface area contributed by atoms with Crippen LogP contribution >= 0.6 is 11.6 Å². The van der Waals surface area contributed by atoms with Gasteiger partial charge in [-0.1, -0.05) is 11.6 Å². The minimum Gasteiger partial charge on any atom is -0.376 e. The van der Waals surface area contributed by atoms with Crippen molar-refractivity contribution in [2.75, 3.05) is 19.0 Å². The summed E-state index contributed by atoms with van der Waals surface area (Å²) in [6.45, 7) is 1.32. The molecule has 0 fully saturated rings. The van der Waals surface area contributed by atoms with Crippen LogP contribution in [-0.4, -0.2) is 23.9 Å². The molecule has 1 aromatic heterocycles. The Morgan fingerprint density at radius 3 is 2.45 bits per heavy atom. The lowest BCUT2D eigenvalue weighted by molar-refractivity contribution is -0.138. The van der Waals surface area contributed by atoms with Gasteiger partial charge in [-0.05, 0) is 24.6 Å². The SMILES string of the molecule is Cc1cc(N(C)C)c(Cl)c(-n2ncccc2=O)c1C(F)(F)F. The summed E-state index contributed by atoms with van der Waals surface area (Å²) < 4.78 is 40.9. The highest BCUT2D eigenvalue weighted by molar-refractivity contribution is 6.35. The molecule has 1 heterocycles. The first-order valence-corrected chi connectivity index (χ1v) is 6.64. The number of benzene rings is 1. The van der Waals surface area contributed by atoms with Gasteiger partial charge in [0.2, 0.25) is 0 Å². The largest absolute Gasteiger partial charge is 0.418 e. The molecule has 0 aliphatic rings. The molecular formula is C14H13ClF3N3O. The van der Waals surface area contributed by atoms with Gasteiger partial charge < -0.3 is 4.90 Å². The molecule has 0 amide bonds. The summed E-state index contributed by atoms with van der Waals surface area (Å²) in [5.41, 5.74) is -1.77. The third kappa shape index (κ3) is 2.81. The standard InChI is InChI=1S/C14H13ClF3N3O/c1-8-7-9(20(2)3)12(15)13(11(8)14(16,17)18)21-10(22)5-4-6-19-21/h4-7H,1-3H3. The average Bonchev–Trinajstić information content (AvgIpc) is 2.39. The highest BCUT2D eigenvalue weighted by atomic mass is 35.5. The van der Waals surface area contributed by atoms with Crippen LogP contribution in [0.2, 0.25) is 5.02 Å². The maximum absolute atomic E-state index is 13.4. The van der Waals surface area contributed by atoms with Crippen molar-refractivity contribution < 1.29 is 13.2 Å². The summed E-state index contributed by atoms with van der Waals surface area (Å²) in [6.07, 6.45) is -3.43. The van der Waals surface area contributed by atoms with Crippen molar-refractivity contribution in [3.63, 3.8) is 0 Å². The summed E-state index contributed by atoms with van der Waals surface area (Å²) in [4.78, 5) is 13.5. The van der Waals surface area contributed by atoms with Gasteiger partial charge in [-0.2, -0.15) is 23.0 Å². The lowest BCUT2D eigenvalue weighted by Crippen LogP contribution is -2.25. The molecule has 4 nitrogen and oxygen atoms in total. The van der Waals surface area contributed by atoms with E-state index in [-0.39, 0.29) is 10.6 Å². The van der Waals surface area contributed by atoms with Crippen molar-refractivity contribution in [1.82, 2.24) is 9.78 Å². The Bertz CT molecular complexity index is 769. The second kappa shape index (κ2) is 5.64. The number of nitrogens with zero attached hydrogens (tertiary/aromatic N) is 3. The Morgan fingerprint density at radius 2 is 1.95 bits per heavy atom. The van der Waals surface area contributed by atoms with Crippen LogP contribution in [0.15, 0.2) is 29.2 Å². The molecule has 0 bridgehead atoms. The monoisotopic (exact) mass is 331 g/mol. The summed E-state index contributed by atoms with van der Waals surface area (Å²) in [5, 5.41) is 3.55. The molecule has 0 radical (unpaired) electrons. The van der Waals surface area contributed by atoms with E-state index in [4.69, 9.17) is 11.6 Å². The van der Waals surface area contributed by atoms with Crippen molar-refractivity contribution in [2.24, 2.45) is 0 Å². The Labute approximate surface area is 129 Å². The van der Waals surface area contributed by atoms with Crippen LogP contribution in [0.3, 0.4) is 0 Å². The Kier molecular flexibility index (Phi) is 4.19.